The lowest BCUT2D eigenvalue weighted by Gasteiger charge is -2.70. The summed E-state index contributed by atoms with van der Waals surface area (Å²) in [4.78, 5) is 34.0. The molecule has 1 saturated carbocycles. The van der Waals surface area contributed by atoms with E-state index in [0.29, 0.717) is 18.8 Å². The maximum Gasteiger partial charge on any atom is 0.273 e. The highest BCUT2D eigenvalue weighted by atomic mass is 16.3. The molecule has 29 heavy (non-hydrogen) atoms. The van der Waals surface area contributed by atoms with E-state index in [1.165, 1.54) is 0 Å². The van der Waals surface area contributed by atoms with Crippen molar-refractivity contribution in [3.8, 4) is 0 Å². The van der Waals surface area contributed by atoms with Gasteiger partial charge in [-0.2, -0.15) is 0 Å². The number of likely N-dealkylation sites (tertiary alicyclic amines) is 2. The summed E-state index contributed by atoms with van der Waals surface area (Å²) in [5.41, 5.74) is 1.01. The van der Waals surface area contributed by atoms with E-state index in [9.17, 15) is 14.7 Å². The van der Waals surface area contributed by atoms with Gasteiger partial charge in [-0.25, -0.2) is 0 Å². The van der Waals surface area contributed by atoms with Gasteiger partial charge in [0.15, 0.2) is 0 Å². The zero-order valence-electron chi connectivity index (χ0n) is 16.3. The number of carbonyl (C=O) groups is 2. The van der Waals surface area contributed by atoms with E-state index >= 15 is 0 Å². The van der Waals surface area contributed by atoms with E-state index in [1.807, 2.05) is 35.2 Å². The lowest BCUT2D eigenvalue weighted by Crippen LogP contribution is -2.86. The van der Waals surface area contributed by atoms with E-state index in [2.05, 4.69) is 4.98 Å². The van der Waals surface area contributed by atoms with Crippen LogP contribution in [0.1, 0.15) is 41.2 Å². The highest BCUT2D eigenvalue weighted by Crippen LogP contribution is 2.54. The van der Waals surface area contributed by atoms with Crippen molar-refractivity contribution in [2.45, 2.75) is 36.8 Å². The lowest BCUT2D eigenvalue weighted by atomic mass is 9.60. The van der Waals surface area contributed by atoms with Crippen molar-refractivity contribution in [2.75, 3.05) is 19.7 Å². The Morgan fingerprint density at radius 3 is 2.38 bits per heavy atom. The Kier molecular flexibility index (Phi) is 4.39. The molecule has 0 bridgehead atoms. The summed E-state index contributed by atoms with van der Waals surface area (Å²) < 4.78 is 0. The third kappa shape index (κ3) is 2.69. The first-order chi connectivity index (χ1) is 14.2. The van der Waals surface area contributed by atoms with Crippen molar-refractivity contribution in [2.24, 2.45) is 5.92 Å². The van der Waals surface area contributed by atoms with Gasteiger partial charge >= 0.3 is 0 Å². The Morgan fingerprint density at radius 1 is 1.07 bits per heavy atom. The molecular weight excluding hydrogens is 366 g/mol. The number of pyridine rings is 1. The van der Waals surface area contributed by atoms with Gasteiger partial charge in [0.05, 0.1) is 18.2 Å². The molecule has 1 spiro atoms. The number of nitrogens with zero attached hydrogens (tertiary/aromatic N) is 3. The normalized spacial score (nSPS) is 25.1. The van der Waals surface area contributed by atoms with E-state index in [4.69, 9.17) is 0 Å². The maximum atomic E-state index is 13.3. The van der Waals surface area contributed by atoms with E-state index in [1.54, 1.807) is 29.3 Å². The Balaban J connectivity index is 1.46. The fraction of sp³-hybridized carbons (Fsp3) is 0.435. The molecule has 1 aliphatic carbocycles. The quantitative estimate of drug-likeness (QED) is 0.866. The minimum Gasteiger partial charge on any atom is -0.394 e. The summed E-state index contributed by atoms with van der Waals surface area (Å²) in [5.74, 6) is 0.196. The SMILES string of the molecule is O=C(C1CCC1)N1CC2(C1)[C@@H](c1ccccc1)[C@@H](CO)N2C(=O)c1ccccn1. The fourth-order valence-corrected chi connectivity index (χ4v) is 5.28. The molecule has 6 heteroatoms. The number of amides is 2. The lowest BCUT2D eigenvalue weighted by molar-refractivity contribution is -0.183. The van der Waals surface area contributed by atoms with Gasteiger partial charge in [0.2, 0.25) is 5.91 Å². The van der Waals surface area contributed by atoms with Crippen molar-refractivity contribution in [3.05, 3.63) is 66.0 Å². The topological polar surface area (TPSA) is 73.7 Å². The van der Waals surface area contributed by atoms with Gasteiger partial charge in [-0.3, -0.25) is 14.6 Å². The molecule has 6 nitrogen and oxygen atoms in total. The number of aromatic nitrogens is 1. The molecule has 2 aromatic rings. The third-order valence-electron chi connectivity index (χ3n) is 6.92. The molecule has 2 atom stereocenters. The van der Waals surface area contributed by atoms with Gasteiger partial charge in [0, 0.05) is 31.1 Å². The molecule has 1 aromatic carbocycles. The second-order valence-corrected chi connectivity index (χ2v) is 8.45. The van der Waals surface area contributed by atoms with Gasteiger partial charge in [-0.05, 0) is 30.5 Å². The summed E-state index contributed by atoms with van der Waals surface area (Å²) in [6.45, 7) is 0.935. The Hall–Kier alpha value is -2.73. The molecule has 3 fully saturated rings. The summed E-state index contributed by atoms with van der Waals surface area (Å²) in [7, 11) is 0. The molecule has 5 rings (SSSR count). The first-order valence-electron chi connectivity index (χ1n) is 10.3. The second kappa shape index (κ2) is 6.95. The number of benzene rings is 1. The predicted octanol–water partition coefficient (Wildman–Crippen LogP) is 2.06. The first-order valence-corrected chi connectivity index (χ1v) is 10.3. The van der Waals surface area contributed by atoms with Crippen molar-refractivity contribution in [1.29, 1.82) is 0 Å². The summed E-state index contributed by atoms with van der Waals surface area (Å²) >= 11 is 0. The zero-order chi connectivity index (χ0) is 20.0. The van der Waals surface area contributed by atoms with E-state index < -0.39 is 5.54 Å². The molecule has 0 unspecified atom stereocenters. The Labute approximate surface area is 170 Å². The average molecular weight is 391 g/mol. The van der Waals surface area contributed by atoms with Crippen LogP contribution in [0.15, 0.2) is 54.7 Å². The smallest absolute Gasteiger partial charge is 0.273 e. The number of carbonyl (C=O) groups excluding carboxylic acids is 2. The molecule has 3 heterocycles. The van der Waals surface area contributed by atoms with Crippen LogP contribution in [-0.4, -0.2) is 63.0 Å². The molecule has 2 aliphatic heterocycles. The van der Waals surface area contributed by atoms with Crippen LogP contribution in [0.4, 0.5) is 0 Å². The van der Waals surface area contributed by atoms with Gasteiger partial charge in [-0.1, -0.05) is 42.8 Å². The van der Waals surface area contributed by atoms with Crippen LogP contribution in [0.25, 0.3) is 0 Å². The molecule has 2 amide bonds. The fourth-order valence-electron chi connectivity index (χ4n) is 5.28. The molecule has 3 aliphatic rings. The van der Waals surface area contributed by atoms with Crippen LogP contribution in [-0.2, 0) is 4.79 Å². The Morgan fingerprint density at radius 2 is 1.79 bits per heavy atom. The minimum atomic E-state index is -0.469. The zero-order valence-corrected chi connectivity index (χ0v) is 16.3. The van der Waals surface area contributed by atoms with Crippen molar-refractivity contribution in [1.82, 2.24) is 14.8 Å². The monoisotopic (exact) mass is 391 g/mol. The van der Waals surface area contributed by atoms with Crippen LogP contribution < -0.4 is 0 Å². The average Bonchev–Trinajstić information content (AvgIpc) is 2.66. The standard InChI is InChI=1S/C23H25N3O3/c27-13-19-20(16-7-2-1-3-8-16)23(14-25(15-23)21(28)17-9-6-10-17)26(19)22(29)18-11-4-5-12-24-18/h1-5,7-8,11-12,17,19-20,27H,6,9-10,13-15H2/t19-,20+/m1/s1. The molecular formula is C23H25N3O3. The summed E-state index contributed by atoms with van der Waals surface area (Å²) in [6, 6.07) is 15.0. The van der Waals surface area contributed by atoms with E-state index in [0.717, 1.165) is 24.8 Å². The van der Waals surface area contributed by atoms with Crippen molar-refractivity contribution >= 4 is 11.8 Å². The van der Waals surface area contributed by atoms with Crippen LogP contribution in [0.5, 0.6) is 0 Å². The molecule has 1 N–H and O–H groups in total. The van der Waals surface area contributed by atoms with Crippen molar-refractivity contribution in [3.63, 3.8) is 0 Å². The van der Waals surface area contributed by atoms with Crippen LogP contribution in [0.3, 0.4) is 0 Å². The van der Waals surface area contributed by atoms with E-state index in [-0.39, 0.29) is 36.3 Å². The van der Waals surface area contributed by atoms with Gasteiger partial charge in [0.25, 0.3) is 5.91 Å². The number of rotatable bonds is 4. The second-order valence-electron chi connectivity index (χ2n) is 8.45. The number of aliphatic hydroxyl groups excluding tert-OH is 1. The highest BCUT2D eigenvalue weighted by Gasteiger charge is 2.68. The largest absolute Gasteiger partial charge is 0.394 e. The summed E-state index contributed by atoms with van der Waals surface area (Å²) in [6.07, 6.45) is 4.68. The first kappa shape index (κ1) is 18.3. The molecule has 150 valence electrons. The van der Waals surface area contributed by atoms with Crippen LogP contribution in [0.2, 0.25) is 0 Å². The van der Waals surface area contributed by atoms with Gasteiger partial charge in [0.1, 0.15) is 5.69 Å². The van der Waals surface area contributed by atoms with Crippen LogP contribution in [0, 0.1) is 5.92 Å². The number of hydrogen-bond donors (Lipinski definition) is 1. The summed E-state index contributed by atoms with van der Waals surface area (Å²) in [5, 5.41) is 10.2. The molecule has 0 radical (unpaired) electrons. The minimum absolute atomic E-state index is 0.00630. The maximum absolute atomic E-state index is 13.3. The Bertz CT molecular complexity index is 907. The molecule has 1 aromatic heterocycles. The van der Waals surface area contributed by atoms with Crippen molar-refractivity contribution < 1.29 is 14.7 Å². The number of hydrogen-bond acceptors (Lipinski definition) is 4. The predicted molar refractivity (Wildman–Crippen MR) is 107 cm³/mol. The number of aliphatic hydroxyl groups is 1. The van der Waals surface area contributed by atoms with Gasteiger partial charge in [-0.15, -0.1) is 0 Å². The van der Waals surface area contributed by atoms with Crippen LogP contribution >= 0.6 is 0 Å². The molecule has 2 saturated heterocycles. The highest BCUT2D eigenvalue weighted by molar-refractivity contribution is 5.95. The van der Waals surface area contributed by atoms with Gasteiger partial charge < -0.3 is 14.9 Å². The third-order valence-corrected chi connectivity index (χ3v) is 6.92.